The van der Waals surface area contributed by atoms with Gasteiger partial charge in [0.25, 0.3) is 0 Å². The molecule has 0 amide bonds. The Morgan fingerprint density at radius 2 is 2.18 bits per heavy atom. The summed E-state index contributed by atoms with van der Waals surface area (Å²) in [4.78, 5) is 2.46. The van der Waals surface area contributed by atoms with Gasteiger partial charge in [-0.05, 0) is 26.0 Å². The van der Waals surface area contributed by atoms with E-state index in [1.54, 1.807) is 0 Å². The summed E-state index contributed by atoms with van der Waals surface area (Å²) in [6.45, 7) is 3.39. The molecule has 1 atom stereocenters. The van der Waals surface area contributed by atoms with Crippen molar-refractivity contribution in [2.24, 2.45) is 0 Å². The number of nitrogens with zero attached hydrogens (tertiary/aromatic N) is 1. The van der Waals surface area contributed by atoms with Gasteiger partial charge in [-0.25, -0.2) is 0 Å². The van der Waals surface area contributed by atoms with Crippen LogP contribution in [0.4, 0.5) is 0 Å². The van der Waals surface area contributed by atoms with Crippen molar-refractivity contribution in [2.75, 3.05) is 13.6 Å². The van der Waals surface area contributed by atoms with Crippen LogP contribution in [0.1, 0.15) is 24.7 Å². The van der Waals surface area contributed by atoms with Gasteiger partial charge in [0.15, 0.2) is 0 Å². The molecule has 17 heavy (non-hydrogen) atoms. The van der Waals surface area contributed by atoms with Gasteiger partial charge in [-0.2, -0.15) is 0 Å². The van der Waals surface area contributed by atoms with E-state index in [0.717, 1.165) is 25.0 Å². The van der Waals surface area contributed by atoms with Crippen molar-refractivity contribution in [2.45, 2.75) is 32.2 Å². The Morgan fingerprint density at radius 1 is 1.35 bits per heavy atom. The lowest BCUT2D eigenvalue weighted by Crippen LogP contribution is -2.32. The van der Waals surface area contributed by atoms with Crippen LogP contribution in [0.15, 0.2) is 28.7 Å². The second kappa shape index (κ2) is 4.19. The number of furan rings is 1. The van der Waals surface area contributed by atoms with Gasteiger partial charge in [-0.3, -0.25) is 0 Å². The number of fused-ring (bicyclic) bond motifs is 3. The fraction of sp³-hybridized carbons (Fsp3) is 0.467. The monoisotopic (exact) mass is 229 g/mol. The van der Waals surface area contributed by atoms with Gasteiger partial charge in [-0.1, -0.05) is 25.1 Å². The highest BCUT2D eigenvalue weighted by Gasteiger charge is 2.24. The minimum absolute atomic E-state index is 0.622. The summed E-state index contributed by atoms with van der Waals surface area (Å²) in [5.41, 5.74) is 2.49. The highest BCUT2D eigenvalue weighted by atomic mass is 16.3. The van der Waals surface area contributed by atoms with E-state index < -0.39 is 0 Å². The topological polar surface area (TPSA) is 16.4 Å². The molecule has 0 bridgehead atoms. The first kappa shape index (κ1) is 10.8. The molecule has 1 aliphatic heterocycles. The van der Waals surface area contributed by atoms with E-state index in [-0.39, 0.29) is 0 Å². The second-order valence-electron chi connectivity index (χ2n) is 5.00. The van der Waals surface area contributed by atoms with Crippen molar-refractivity contribution in [1.82, 2.24) is 4.90 Å². The van der Waals surface area contributed by atoms with Crippen molar-refractivity contribution >= 4 is 11.0 Å². The molecule has 3 rings (SSSR count). The molecule has 2 heteroatoms. The Bertz CT molecular complexity index is 529. The third kappa shape index (κ3) is 1.77. The van der Waals surface area contributed by atoms with Crippen LogP contribution >= 0.6 is 0 Å². The van der Waals surface area contributed by atoms with E-state index in [0.29, 0.717) is 6.04 Å². The fourth-order valence-electron chi connectivity index (χ4n) is 2.89. The molecule has 0 spiro atoms. The van der Waals surface area contributed by atoms with Crippen LogP contribution in [0.2, 0.25) is 0 Å². The minimum atomic E-state index is 0.622. The minimum Gasteiger partial charge on any atom is -0.461 e. The summed E-state index contributed by atoms with van der Waals surface area (Å²) in [5.74, 6) is 1.21. The predicted molar refractivity (Wildman–Crippen MR) is 70.3 cm³/mol. The maximum Gasteiger partial charge on any atom is 0.134 e. The zero-order valence-corrected chi connectivity index (χ0v) is 10.6. The SMILES string of the molecule is CCC1Cc2oc3ccccc3c2CCN1C. The average Bonchev–Trinajstić information content (AvgIpc) is 2.62. The Kier molecular flexibility index (Phi) is 2.67. The molecule has 0 N–H and O–H groups in total. The molecule has 0 saturated carbocycles. The summed E-state index contributed by atoms with van der Waals surface area (Å²) >= 11 is 0. The molecule has 1 aliphatic rings. The number of rotatable bonds is 1. The average molecular weight is 229 g/mol. The van der Waals surface area contributed by atoms with E-state index in [1.165, 1.54) is 23.1 Å². The lowest BCUT2D eigenvalue weighted by atomic mass is 10.0. The molecule has 2 nitrogen and oxygen atoms in total. The molecule has 2 heterocycles. The molecular formula is C15H19NO. The number of benzene rings is 1. The van der Waals surface area contributed by atoms with Crippen molar-refractivity contribution in [3.63, 3.8) is 0 Å². The van der Waals surface area contributed by atoms with E-state index in [9.17, 15) is 0 Å². The van der Waals surface area contributed by atoms with Crippen molar-refractivity contribution in [1.29, 1.82) is 0 Å². The largest absolute Gasteiger partial charge is 0.461 e. The first-order chi connectivity index (χ1) is 8.29. The van der Waals surface area contributed by atoms with Gasteiger partial charge in [0.2, 0.25) is 0 Å². The lowest BCUT2D eigenvalue weighted by molar-refractivity contribution is 0.239. The number of para-hydroxylation sites is 1. The lowest BCUT2D eigenvalue weighted by Gasteiger charge is -2.23. The quantitative estimate of drug-likeness (QED) is 0.746. The smallest absolute Gasteiger partial charge is 0.134 e. The second-order valence-corrected chi connectivity index (χ2v) is 5.00. The maximum atomic E-state index is 6.02. The molecule has 0 saturated heterocycles. The summed E-state index contributed by atoms with van der Waals surface area (Å²) in [6.07, 6.45) is 3.35. The van der Waals surface area contributed by atoms with Gasteiger partial charge in [0, 0.05) is 30.0 Å². The standard InChI is InChI=1S/C15H19NO/c1-3-11-10-15-13(8-9-16(11)2)12-6-4-5-7-14(12)17-15/h4-7,11H,3,8-10H2,1-2H3. The molecule has 0 fully saturated rings. The normalized spacial score (nSPS) is 21.4. The maximum absolute atomic E-state index is 6.02. The fourth-order valence-corrected chi connectivity index (χ4v) is 2.89. The van der Waals surface area contributed by atoms with Crippen molar-refractivity contribution in [3.05, 3.63) is 35.6 Å². The highest BCUT2D eigenvalue weighted by Crippen LogP contribution is 2.30. The van der Waals surface area contributed by atoms with Gasteiger partial charge in [-0.15, -0.1) is 0 Å². The van der Waals surface area contributed by atoms with Crippen molar-refractivity contribution < 1.29 is 4.42 Å². The summed E-state index contributed by atoms with van der Waals surface area (Å²) in [5, 5.41) is 1.31. The van der Waals surface area contributed by atoms with Crippen LogP contribution < -0.4 is 0 Å². The van der Waals surface area contributed by atoms with Crippen LogP contribution in [0.5, 0.6) is 0 Å². The Balaban J connectivity index is 2.08. The van der Waals surface area contributed by atoms with Crippen LogP contribution in [-0.2, 0) is 12.8 Å². The van der Waals surface area contributed by atoms with Crippen LogP contribution in [0, 0.1) is 0 Å². The predicted octanol–water partition coefficient (Wildman–Crippen LogP) is 3.24. The first-order valence-electron chi connectivity index (χ1n) is 6.49. The Morgan fingerprint density at radius 3 is 3.00 bits per heavy atom. The Hall–Kier alpha value is -1.28. The van der Waals surface area contributed by atoms with E-state index in [2.05, 4.69) is 43.1 Å². The van der Waals surface area contributed by atoms with E-state index >= 15 is 0 Å². The number of hydrogen-bond donors (Lipinski definition) is 0. The molecule has 0 aliphatic carbocycles. The molecule has 90 valence electrons. The molecule has 1 unspecified atom stereocenters. The van der Waals surface area contributed by atoms with Gasteiger partial charge >= 0.3 is 0 Å². The van der Waals surface area contributed by atoms with E-state index in [4.69, 9.17) is 4.42 Å². The first-order valence-corrected chi connectivity index (χ1v) is 6.49. The van der Waals surface area contributed by atoms with Crippen LogP contribution in [0.3, 0.4) is 0 Å². The highest BCUT2D eigenvalue weighted by molar-refractivity contribution is 5.82. The molecule has 1 aromatic carbocycles. The molecule has 2 aromatic rings. The van der Waals surface area contributed by atoms with Crippen LogP contribution in [-0.4, -0.2) is 24.5 Å². The van der Waals surface area contributed by atoms with Gasteiger partial charge in [0.05, 0.1) is 0 Å². The van der Waals surface area contributed by atoms with E-state index in [1.807, 2.05) is 0 Å². The summed E-state index contributed by atoms with van der Waals surface area (Å²) in [6, 6.07) is 9.04. The van der Waals surface area contributed by atoms with Gasteiger partial charge in [0.1, 0.15) is 11.3 Å². The Labute approximate surface area is 102 Å². The van der Waals surface area contributed by atoms with Crippen LogP contribution in [0.25, 0.3) is 11.0 Å². The zero-order chi connectivity index (χ0) is 11.8. The van der Waals surface area contributed by atoms with Crippen molar-refractivity contribution in [3.8, 4) is 0 Å². The number of likely N-dealkylation sites (N-methyl/N-ethyl adjacent to an activating group) is 1. The third-order valence-corrected chi connectivity index (χ3v) is 4.01. The summed E-state index contributed by atoms with van der Waals surface area (Å²) in [7, 11) is 2.22. The summed E-state index contributed by atoms with van der Waals surface area (Å²) < 4.78 is 6.02. The molecule has 1 aromatic heterocycles. The zero-order valence-electron chi connectivity index (χ0n) is 10.6. The molecule has 0 radical (unpaired) electrons. The number of hydrogen-bond acceptors (Lipinski definition) is 2. The third-order valence-electron chi connectivity index (χ3n) is 4.01. The molecular weight excluding hydrogens is 210 g/mol. The van der Waals surface area contributed by atoms with Gasteiger partial charge < -0.3 is 9.32 Å².